The van der Waals surface area contributed by atoms with Crippen LogP contribution >= 0.6 is 11.3 Å². The van der Waals surface area contributed by atoms with Gasteiger partial charge in [0.1, 0.15) is 12.7 Å². The van der Waals surface area contributed by atoms with Gasteiger partial charge < -0.3 is 20.1 Å². The molecule has 1 aliphatic rings. The number of rotatable bonds is 5. The van der Waals surface area contributed by atoms with Crippen LogP contribution in [0, 0.1) is 0 Å². The van der Waals surface area contributed by atoms with E-state index in [1.165, 1.54) is 6.33 Å². The zero-order chi connectivity index (χ0) is 21.2. The fraction of sp³-hybridized carbons (Fsp3) is 0.0476. The van der Waals surface area contributed by atoms with E-state index in [4.69, 9.17) is 9.47 Å². The van der Waals surface area contributed by atoms with Gasteiger partial charge in [0, 0.05) is 17.4 Å². The number of carbonyl (C=O) groups excluding carboxylic acids is 2. The molecular formula is C21H15N5O4S. The fourth-order valence-electron chi connectivity index (χ4n) is 2.98. The van der Waals surface area contributed by atoms with Crippen LogP contribution in [0.3, 0.4) is 0 Å². The van der Waals surface area contributed by atoms with Crippen LogP contribution in [0.15, 0.2) is 67.3 Å². The fourth-order valence-corrected chi connectivity index (χ4v) is 3.78. The Morgan fingerprint density at radius 3 is 2.26 bits per heavy atom. The number of fused-ring (bicyclic) bond motifs is 1. The van der Waals surface area contributed by atoms with Crippen LogP contribution in [0.4, 0.5) is 11.4 Å². The largest absolute Gasteiger partial charge is 0.454 e. The normalized spacial score (nSPS) is 11.9. The number of anilines is 2. The molecule has 154 valence electrons. The number of aromatic nitrogens is 3. The zero-order valence-electron chi connectivity index (χ0n) is 15.9. The van der Waals surface area contributed by atoms with Gasteiger partial charge in [0.25, 0.3) is 11.8 Å². The van der Waals surface area contributed by atoms with Crippen molar-refractivity contribution >= 4 is 34.5 Å². The molecule has 10 heteroatoms. The van der Waals surface area contributed by atoms with E-state index in [2.05, 4.69) is 20.7 Å². The zero-order valence-corrected chi connectivity index (χ0v) is 16.8. The maximum absolute atomic E-state index is 12.6. The maximum atomic E-state index is 12.6. The second kappa shape index (κ2) is 7.92. The molecule has 9 nitrogen and oxygen atoms in total. The predicted molar refractivity (Wildman–Crippen MR) is 114 cm³/mol. The summed E-state index contributed by atoms with van der Waals surface area (Å²) >= 11 is 1.11. The van der Waals surface area contributed by atoms with E-state index in [-0.39, 0.29) is 18.6 Å². The van der Waals surface area contributed by atoms with Gasteiger partial charge in [-0.05, 0) is 48.5 Å². The summed E-state index contributed by atoms with van der Waals surface area (Å²) in [6.07, 6.45) is 3.04. The molecule has 0 fully saturated rings. The molecule has 1 aliphatic heterocycles. The lowest BCUT2D eigenvalue weighted by molar-refractivity contribution is 0.102. The van der Waals surface area contributed by atoms with Crippen molar-refractivity contribution in [2.75, 3.05) is 17.4 Å². The van der Waals surface area contributed by atoms with Gasteiger partial charge >= 0.3 is 0 Å². The van der Waals surface area contributed by atoms with E-state index < -0.39 is 0 Å². The van der Waals surface area contributed by atoms with E-state index in [9.17, 15) is 9.59 Å². The van der Waals surface area contributed by atoms with Crippen molar-refractivity contribution in [3.05, 3.63) is 77.0 Å². The van der Waals surface area contributed by atoms with Crippen molar-refractivity contribution in [2.45, 2.75) is 0 Å². The summed E-state index contributed by atoms with van der Waals surface area (Å²) in [5.74, 6) is 0.627. The van der Waals surface area contributed by atoms with E-state index in [1.807, 2.05) is 12.1 Å². The molecule has 2 aromatic carbocycles. The minimum atomic E-state index is -0.305. The average Bonchev–Trinajstić information content (AvgIpc) is 3.55. The van der Waals surface area contributed by atoms with Gasteiger partial charge in [0.15, 0.2) is 11.5 Å². The Balaban J connectivity index is 1.23. The Bertz CT molecular complexity index is 1250. The van der Waals surface area contributed by atoms with Crippen LogP contribution in [0.25, 0.3) is 5.69 Å². The number of thiophene rings is 1. The van der Waals surface area contributed by atoms with Crippen LogP contribution in [0.2, 0.25) is 0 Å². The van der Waals surface area contributed by atoms with Crippen molar-refractivity contribution in [1.29, 1.82) is 0 Å². The quantitative estimate of drug-likeness (QED) is 0.498. The highest BCUT2D eigenvalue weighted by Crippen LogP contribution is 2.34. The molecular weight excluding hydrogens is 418 g/mol. The van der Waals surface area contributed by atoms with Crippen molar-refractivity contribution < 1.29 is 19.1 Å². The van der Waals surface area contributed by atoms with Gasteiger partial charge in [-0.2, -0.15) is 5.10 Å². The Labute approximate surface area is 180 Å². The Morgan fingerprint density at radius 1 is 0.871 bits per heavy atom. The number of amides is 2. The van der Waals surface area contributed by atoms with Crippen LogP contribution in [0.5, 0.6) is 11.5 Å². The first-order valence-corrected chi connectivity index (χ1v) is 10.0. The minimum Gasteiger partial charge on any atom is -0.454 e. The highest BCUT2D eigenvalue weighted by molar-refractivity contribution is 7.16. The molecule has 0 radical (unpaired) electrons. The number of nitrogens with zero attached hydrogens (tertiary/aromatic N) is 3. The summed E-state index contributed by atoms with van der Waals surface area (Å²) in [7, 11) is 0. The molecule has 0 aliphatic carbocycles. The molecule has 0 atom stereocenters. The molecule has 0 saturated heterocycles. The number of ether oxygens (including phenoxy) is 2. The van der Waals surface area contributed by atoms with Gasteiger partial charge in [-0.1, -0.05) is 0 Å². The first kappa shape index (κ1) is 18.8. The summed E-state index contributed by atoms with van der Waals surface area (Å²) in [5, 5.41) is 9.68. The molecule has 4 aromatic rings. The summed E-state index contributed by atoms with van der Waals surface area (Å²) in [4.78, 5) is 29.9. The summed E-state index contributed by atoms with van der Waals surface area (Å²) in [5.41, 5.74) is 2.05. The lowest BCUT2D eigenvalue weighted by Gasteiger charge is -2.06. The second-order valence-electron chi connectivity index (χ2n) is 6.53. The molecule has 5 rings (SSSR count). The number of benzene rings is 2. The first-order chi connectivity index (χ1) is 15.2. The third kappa shape index (κ3) is 3.96. The summed E-state index contributed by atoms with van der Waals surface area (Å²) in [6, 6.07) is 15.6. The topological polar surface area (TPSA) is 107 Å². The molecule has 3 heterocycles. The Morgan fingerprint density at radius 2 is 1.55 bits per heavy atom. The minimum absolute atomic E-state index is 0.166. The third-order valence-corrected chi connectivity index (χ3v) is 5.58. The predicted octanol–water partition coefficient (Wildman–Crippen LogP) is 3.56. The Hall–Kier alpha value is -4.18. The first-order valence-electron chi connectivity index (χ1n) is 9.23. The number of carbonyl (C=O) groups is 2. The molecule has 2 aromatic heterocycles. The standard InChI is InChI=1S/C21H15N5O4S/c27-20(24-13-1-4-15(5-2-13)26-11-22-10-23-26)18-7-8-19(31-18)21(28)25-14-3-6-16-17(9-14)30-12-29-16/h1-11H,12H2,(H,24,27)(H,25,28). The number of hydrogen-bond acceptors (Lipinski definition) is 7. The van der Waals surface area contributed by atoms with Crippen molar-refractivity contribution in [1.82, 2.24) is 14.8 Å². The van der Waals surface area contributed by atoms with E-state index >= 15 is 0 Å². The SMILES string of the molecule is O=C(Nc1ccc(-n2cncn2)cc1)c1ccc(C(=O)Nc2ccc3c(c2)OCO3)s1. The van der Waals surface area contributed by atoms with E-state index in [0.717, 1.165) is 17.0 Å². The molecule has 0 spiro atoms. The highest BCUT2D eigenvalue weighted by atomic mass is 32.1. The van der Waals surface area contributed by atoms with Gasteiger partial charge in [-0.25, -0.2) is 9.67 Å². The number of hydrogen-bond donors (Lipinski definition) is 2. The van der Waals surface area contributed by atoms with E-state index in [1.54, 1.807) is 53.5 Å². The molecule has 0 unspecified atom stereocenters. The molecule has 0 bridgehead atoms. The smallest absolute Gasteiger partial charge is 0.265 e. The average molecular weight is 433 g/mol. The van der Waals surface area contributed by atoms with Crippen LogP contribution in [0.1, 0.15) is 19.3 Å². The van der Waals surface area contributed by atoms with Crippen LogP contribution < -0.4 is 20.1 Å². The van der Waals surface area contributed by atoms with Gasteiger partial charge in [0.2, 0.25) is 6.79 Å². The monoisotopic (exact) mass is 433 g/mol. The lowest BCUT2D eigenvalue weighted by Crippen LogP contribution is -2.11. The maximum Gasteiger partial charge on any atom is 0.265 e. The third-order valence-electron chi connectivity index (χ3n) is 4.49. The summed E-state index contributed by atoms with van der Waals surface area (Å²) in [6.45, 7) is 0.166. The van der Waals surface area contributed by atoms with Crippen molar-refractivity contribution in [2.24, 2.45) is 0 Å². The van der Waals surface area contributed by atoms with Crippen LogP contribution in [-0.4, -0.2) is 33.4 Å². The summed E-state index contributed by atoms with van der Waals surface area (Å²) < 4.78 is 12.2. The second-order valence-corrected chi connectivity index (χ2v) is 7.61. The molecule has 31 heavy (non-hydrogen) atoms. The van der Waals surface area contributed by atoms with Gasteiger partial charge in [-0.3, -0.25) is 9.59 Å². The Kier molecular flexibility index (Phi) is 4.81. The lowest BCUT2D eigenvalue weighted by atomic mass is 10.2. The van der Waals surface area contributed by atoms with Gasteiger partial charge in [0.05, 0.1) is 15.4 Å². The van der Waals surface area contributed by atoms with Crippen molar-refractivity contribution in [3.63, 3.8) is 0 Å². The van der Waals surface area contributed by atoms with Crippen molar-refractivity contribution in [3.8, 4) is 17.2 Å². The molecule has 2 amide bonds. The molecule has 0 saturated carbocycles. The molecule has 2 N–H and O–H groups in total. The highest BCUT2D eigenvalue weighted by Gasteiger charge is 2.17. The van der Waals surface area contributed by atoms with Gasteiger partial charge in [-0.15, -0.1) is 11.3 Å². The van der Waals surface area contributed by atoms with E-state index in [0.29, 0.717) is 32.6 Å². The van der Waals surface area contributed by atoms with Crippen LogP contribution in [-0.2, 0) is 0 Å². The number of nitrogens with one attached hydrogen (secondary N) is 2.